The minimum absolute atomic E-state index is 0.244. The molecule has 0 aliphatic carbocycles. The van der Waals surface area contributed by atoms with E-state index < -0.39 is 30.4 Å². The van der Waals surface area contributed by atoms with Crippen molar-refractivity contribution in [3.63, 3.8) is 0 Å². The van der Waals surface area contributed by atoms with E-state index in [1.165, 1.54) is 5.56 Å². The van der Waals surface area contributed by atoms with Gasteiger partial charge in [0.25, 0.3) is 0 Å². The first-order valence-electron chi connectivity index (χ1n) is 12.0. The molecule has 0 saturated carbocycles. The Hall–Kier alpha value is -2.35. The van der Waals surface area contributed by atoms with Crippen LogP contribution in [0.15, 0.2) is 89.8 Å². The van der Waals surface area contributed by atoms with Gasteiger partial charge in [-0.1, -0.05) is 90.1 Å². The maximum Gasteiger partial charge on any atom is 0.321 e. The summed E-state index contributed by atoms with van der Waals surface area (Å²) in [4.78, 5) is 13.3. The first-order chi connectivity index (χ1) is 17.5. The van der Waals surface area contributed by atoms with E-state index in [1.54, 1.807) is 11.8 Å². The van der Waals surface area contributed by atoms with E-state index in [-0.39, 0.29) is 11.3 Å². The summed E-state index contributed by atoms with van der Waals surface area (Å²) in [6, 6.07) is 28.1. The third-order valence-electron chi connectivity index (χ3n) is 5.95. The van der Waals surface area contributed by atoms with Crippen LogP contribution < -0.4 is 0 Å². The molecule has 1 fully saturated rings. The van der Waals surface area contributed by atoms with Gasteiger partial charge in [-0.3, -0.25) is 4.79 Å². The van der Waals surface area contributed by atoms with Crippen molar-refractivity contribution in [2.24, 2.45) is 0 Å². The number of aryl methyl sites for hydroxylation is 1. The lowest BCUT2D eigenvalue weighted by Crippen LogP contribution is -2.59. The molecule has 0 amide bonds. The zero-order chi connectivity index (χ0) is 25.3. The monoisotopic (exact) mass is 526 g/mol. The number of thioether (sulfide) groups is 1. The standard InChI is InChI=1S/C29H31ClO5S/c1-20-13-15-24(16-14-20)36-29-28(33-19-23-11-7-4-8-12-23)27(32-18-22-9-5-3-6-10-22)26(21(2)34-29)35-25(31)17-30/h3-16,21,26-29H,17-19H2,1-2H3/t21-,26+,27+,28-,29+/m0/s1. The van der Waals surface area contributed by atoms with Crippen LogP contribution in [0.4, 0.5) is 0 Å². The van der Waals surface area contributed by atoms with Gasteiger partial charge in [-0.05, 0) is 37.1 Å². The maximum atomic E-state index is 12.2. The topological polar surface area (TPSA) is 54.0 Å². The van der Waals surface area contributed by atoms with Crippen molar-refractivity contribution in [3.8, 4) is 0 Å². The molecule has 3 aromatic rings. The quantitative estimate of drug-likeness (QED) is 0.233. The normalized spacial score (nSPS) is 23.8. The molecule has 7 heteroatoms. The Morgan fingerprint density at radius 3 is 1.94 bits per heavy atom. The number of hydrogen-bond donors (Lipinski definition) is 0. The molecule has 0 N–H and O–H groups in total. The van der Waals surface area contributed by atoms with Gasteiger partial charge in [0.05, 0.1) is 19.3 Å². The van der Waals surface area contributed by atoms with Crippen molar-refractivity contribution < 1.29 is 23.7 Å². The molecule has 0 radical (unpaired) electrons. The first-order valence-corrected chi connectivity index (χ1v) is 13.4. The van der Waals surface area contributed by atoms with E-state index >= 15 is 0 Å². The summed E-state index contributed by atoms with van der Waals surface area (Å²) in [6.45, 7) is 4.67. The van der Waals surface area contributed by atoms with Crippen molar-refractivity contribution in [2.45, 2.75) is 61.8 Å². The Kier molecular flexibility index (Phi) is 9.84. The zero-order valence-corrected chi connectivity index (χ0v) is 22.0. The highest BCUT2D eigenvalue weighted by Gasteiger charge is 2.48. The second-order valence-electron chi connectivity index (χ2n) is 8.75. The van der Waals surface area contributed by atoms with Crippen molar-refractivity contribution in [3.05, 3.63) is 102 Å². The molecule has 1 heterocycles. The van der Waals surface area contributed by atoms with Gasteiger partial charge in [-0.15, -0.1) is 11.6 Å². The van der Waals surface area contributed by atoms with Gasteiger partial charge < -0.3 is 18.9 Å². The number of alkyl halides is 1. The van der Waals surface area contributed by atoms with E-state index in [0.29, 0.717) is 13.2 Å². The summed E-state index contributed by atoms with van der Waals surface area (Å²) in [5.41, 5.74) is 2.86. The average Bonchev–Trinajstić information content (AvgIpc) is 2.91. The minimum Gasteiger partial charge on any atom is -0.456 e. The van der Waals surface area contributed by atoms with Crippen LogP contribution in [0, 0.1) is 6.92 Å². The molecule has 0 aromatic heterocycles. The maximum absolute atomic E-state index is 12.2. The largest absolute Gasteiger partial charge is 0.456 e. The zero-order valence-electron chi connectivity index (χ0n) is 20.4. The Balaban J connectivity index is 1.62. The van der Waals surface area contributed by atoms with Crippen LogP contribution in [-0.4, -0.2) is 41.7 Å². The molecule has 0 unspecified atom stereocenters. The van der Waals surface area contributed by atoms with Crippen LogP contribution in [0.5, 0.6) is 0 Å². The van der Waals surface area contributed by atoms with Crippen molar-refractivity contribution in [1.82, 2.24) is 0 Å². The second kappa shape index (κ2) is 13.3. The Morgan fingerprint density at radius 1 is 0.833 bits per heavy atom. The molecule has 5 atom stereocenters. The summed E-state index contributed by atoms with van der Waals surface area (Å²) >= 11 is 7.35. The van der Waals surface area contributed by atoms with Crippen molar-refractivity contribution in [1.29, 1.82) is 0 Å². The molecular weight excluding hydrogens is 496 g/mol. The van der Waals surface area contributed by atoms with E-state index in [0.717, 1.165) is 16.0 Å². The first kappa shape index (κ1) is 26.7. The summed E-state index contributed by atoms with van der Waals surface area (Å²) in [5, 5.41) is 0. The van der Waals surface area contributed by atoms with Gasteiger partial charge >= 0.3 is 5.97 Å². The highest BCUT2D eigenvalue weighted by atomic mass is 35.5. The molecule has 190 valence electrons. The number of carbonyl (C=O) groups excluding carboxylic acids is 1. The predicted octanol–water partition coefficient (Wildman–Crippen LogP) is 6.15. The highest BCUT2D eigenvalue weighted by Crippen LogP contribution is 2.38. The van der Waals surface area contributed by atoms with Crippen LogP contribution in [0.25, 0.3) is 0 Å². The summed E-state index contributed by atoms with van der Waals surface area (Å²) in [6.07, 6.45) is -2.16. The molecule has 4 rings (SSSR count). The van der Waals surface area contributed by atoms with E-state index in [2.05, 4.69) is 31.2 Å². The lowest BCUT2D eigenvalue weighted by Gasteiger charge is -2.44. The van der Waals surface area contributed by atoms with Gasteiger partial charge in [-0.25, -0.2) is 0 Å². The molecule has 0 bridgehead atoms. The Labute approximate surface area is 222 Å². The number of hydrogen-bond acceptors (Lipinski definition) is 6. The molecule has 1 aliphatic heterocycles. The van der Waals surface area contributed by atoms with Crippen molar-refractivity contribution in [2.75, 3.05) is 5.88 Å². The molecule has 3 aromatic carbocycles. The van der Waals surface area contributed by atoms with Gasteiger partial charge in [0.2, 0.25) is 0 Å². The fraction of sp³-hybridized carbons (Fsp3) is 0.345. The molecule has 0 spiro atoms. The Morgan fingerprint density at radius 2 is 1.39 bits per heavy atom. The average molecular weight is 527 g/mol. The molecule has 5 nitrogen and oxygen atoms in total. The minimum atomic E-state index is -0.671. The molecule has 1 aliphatic rings. The van der Waals surface area contributed by atoms with Crippen LogP contribution in [0.3, 0.4) is 0 Å². The number of rotatable bonds is 10. The number of halogens is 1. The highest BCUT2D eigenvalue weighted by molar-refractivity contribution is 7.99. The molecule has 36 heavy (non-hydrogen) atoms. The van der Waals surface area contributed by atoms with Gasteiger partial charge in [0.1, 0.15) is 23.5 Å². The van der Waals surface area contributed by atoms with Crippen LogP contribution >= 0.6 is 23.4 Å². The molecular formula is C29H31ClO5S. The lowest BCUT2D eigenvalue weighted by atomic mass is 9.99. The number of benzene rings is 3. The van der Waals surface area contributed by atoms with Crippen molar-refractivity contribution >= 4 is 29.3 Å². The summed E-state index contributed by atoms with van der Waals surface area (Å²) < 4.78 is 25.1. The smallest absolute Gasteiger partial charge is 0.321 e. The van der Waals surface area contributed by atoms with Crippen LogP contribution in [-0.2, 0) is 37.0 Å². The Bertz CT molecular complexity index is 1080. The van der Waals surface area contributed by atoms with Gasteiger partial charge in [0.15, 0.2) is 6.10 Å². The SMILES string of the molecule is Cc1ccc(S[C@H]2O[C@@H](C)[C@@H](OC(=O)CCl)[C@@H](OCc3ccccc3)[C@@H]2OCc2ccccc2)cc1. The van der Waals surface area contributed by atoms with Crippen LogP contribution in [0.2, 0.25) is 0 Å². The van der Waals surface area contributed by atoms with E-state index in [1.807, 2.05) is 67.6 Å². The van der Waals surface area contributed by atoms with E-state index in [4.69, 9.17) is 30.5 Å². The second-order valence-corrected chi connectivity index (χ2v) is 10.2. The van der Waals surface area contributed by atoms with Gasteiger partial charge in [-0.2, -0.15) is 0 Å². The number of esters is 1. The number of carbonyl (C=O) groups is 1. The van der Waals surface area contributed by atoms with Crippen LogP contribution in [0.1, 0.15) is 23.6 Å². The lowest BCUT2D eigenvalue weighted by molar-refractivity contribution is -0.237. The fourth-order valence-corrected chi connectivity index (χ4v) is 5.29. The third kappa shape index (κ3) is 7.34. The van der Waals surface area contributed by atoms with E-state index in [9.17, 15) is 4.79 Å². The van der Waals surface area contributed by atoms with Gasteiger partial charge in [0, 0.05) is 4.90 Å². The summed E-state index contributed by atoms with van der Waals surface area (Å²) in [7, 11) is 0. The fourth-order valence-electron chi connectivity index (χ4n) is 4.06. The predicted molar refractivity (Wildman–Crippen MR) is 142 cm³/mol. The third-order valence-corrected chi connectivity index (χ3v) is 7.32. The number of ether oxygens (including phenoxy) is 4. The summed E-state index contributed by atoms with van der Waals surface area (Å²) in [5.74, 6) is -0.761. The molecule has 1 saturated heterocycles.